The van der Waals surface area contributed by atoms with E-state index in [9.17, 15) is 9.59 Å². The minimum absolute atomic E-state index is 0.0124. The highest BCUT2D eigenvalue weighted by Crippen LogP contribution is 2.29. The van der Waals surface area contributed by atoms with Crippen molar-refractivity contribution >= 4 is 27.5 Å². The number of carbonyl (C=O) groups is 1. The van der Waals surface area contributed by atoms with Crippen LogP contribution in [-0.4, -0.2) is 64.4 Å². The lowest BCUT2D eigenvalue weighted by Crippen LogP contribution is -2.49. The number of rotatable bonds is 8. The van der Waals surface area contributed by atoms with Crippen LogP contribution in [-0.2, 0) is 17.8 Å². The highest BCUT2D eigenvalue weighted by molar-refractivity contribution is 7.18. The second-order valence-electron chi connectivity index (χ2n) is 8.82. The van der Waals surface area contributed by atoms with E-state index in [-0.39, 0.29) is 17.5 Å². The van der Waals surface area contributed by atoms with E-state index in [2.05, 4.69) is 40.9 Å². The summed E-state index contributed by atoms with van der Waals surface area (Å²) in [6.45, 7) is 14.9. The van der Waals surface area contributed by atoms with Gasteiger partial charge < -0.3 is 10.3 Å². The van der Waals surface area contributed by atoms with Crippen molar-refractivity contribution in [3.05, 3.63) is 26.6 Å². The Balaban J connectivity index is 1.63. The first kappa shape index (κ1) is 22.9. The Labute approximate surface area is 182 Å². The smallest absolute Gasteiger partial charge is 0.259 e. The van der Waals surface area contributed by atoms with Gasteiger partial charge in [-0.3, -0.25) is 19.4 Å². The summed E-state index contributed by atoms with van der Waals surface area (Å²) in [6, 6.07) is 0.170. The first-order chi connectivity index (χ1) is 14.3. The summed E-state index contributed by atoms with van der Waals surface area (Å²) in [4.78, 5) is 39.1. The van der Waals surface area contributed by atoms with E-state index in [1.54, 1.807) is 11.3 Å². The van der Waals surface area contributed by atoms with E-state index in [1.807, 2.05) is 13.8 Å². The molecule has 1 amide bonds. The minimum Gasteiger partial charge on any atom is -0.353 e. The molecule has 1 atom stereocenters. The SMILES string of the molecule is CC[C@@H](C)Cc1c(C)sc2nc(CN3CCN(CC(=O)NC(C)C)CC3)[nH]c(=O)c12. The third kappa shape index (κ3) is 5.68. The average molecular weight is 434 g/mol. The number of piperazine rings is 1. The van der Waals surface area contributed by atoms with Gasteiger partial charge in [0, 0.05) is 37.1 Å². The highest BCUT2D eigenvalue weighted by Gasteiger charge is 2.21. The molecule has 30 heavy (non-hydrogen) atoms. The number of amides is 1. The molecule has 8 heteroatoms. The molecule has 0 bridgehead atoms. The molecule has 7 nitrogen and oxygen atoms in total. The molecule has 2 aromatic heterocycles. The van der Waals surface area contributed by atoms with E-state index in [4.69, 9.17) is 4.98 Å². The van der Waals surface area contributed by atoms with Crippen LogP contribution in [0.3, 0.4) is 0 Å². The summed E-state index contributed by atoms with van der Waals surface area (Å²) in [5.41, 5.74) is 1.15. The van der Waals surface area contributed by atoms with Crippen molar-refractivity contribution in [1.29, 1.82) is 0 Å². The molecule has 2 aromatic rings. The van der Waals surface area contributed by atoms with Crippen LogP contribution in [0.15, 0.2) is 4.79 Å². The zero-order valence-electron chi connectivity index (χ0n) is 18.9. The molecular weight excluding hydrogens is 398 g/mol. The third-order valence-electron chi connectivity index (χ3n) is 5.82. The summed E-state index contributed by atoms with van der Waals surface area (Å²) in [5, 5.41) is 3.72. The first-order valence-corrected chi connectivity index (χ1v) is 11.8. The van der Waals surface area contributed by atoms with Crippen molar-refractivity contribution in [2.24, 2.45) is 5.92 Å². The molecule has 3 rings (SSSR count). The Morgan fingerprint density at radius 1 is 1.20 bits per heavy atom. The van der Waals surface area contributed by atoms with Gasteiger partial charge in [0.2, 0.25) is 5.91 Å². The van der Waals surface area contributed by atoms with E-state index >= 15 is 0 Å². The van der Waals surface area contributed by atoms with E-state index in [0.29, 0.717) is 19.0 Å². The van der Waals surface area contributed by atoms with Crippen LogP contribution in [0.2, 0.25) is 0 Å². The lowest BCUT2D eigenvalue weighted by Gasteiger charge is -2.34. The van der Waals surface area contributed by atoms with Crippen LogP contribution in [0, 0.1) is 12.8 Å². The minimum atomic E-state index is -0.0124. The van der Waals surface area contributed by atoms with Crippen LogP contribution in [0.4, 0.5) is 0 Å². The standard InChI is InChI=1S/C22H35N5O2S/c1-6-15(4)11-17-16(5)30-22-20(17)21(29)24-18(25-22)12-26-7-9-27(10-8-26)13-19(28)23-14(2)3/h14-15H,6-13H2,1-5H3,(H,23,28)(H,24,25,29)/t15-/m1/s1. The van der Waals surface area contributed by atoms with Gasteiger partial charge in [0.1, 0.15) is 10.7 Å². The molecule has 0 aromatic carbocycles. The second kappa shape index (κ2) is 10.0. The molecule has 0 spiro atoms. The van der Waals surface area contributed by atoms with Gasteiger partial charge in [0.15, 0.2) is 0 Å². The topological polar surface area (TPSA) is 81.3 Å². The highest BCUT2D eigenvalue weighted by atomic mass is 32.1. The number of aryl methyl sites for hydroxylation is 1. The van der Waals surface area contributed by atoms with Gasteiger partial charge in [0.05, 0.1) is 18.5 Å². The summed E-state index contributed by atoms with van der Waals surface area (Å²) >= 11 is 1.63. The lowest BCUT2D eigenvalue weighted by atomic mass is 9.98. The van der Waals surface area contributed by atoms with Crippen molar-refractivity contribution in [2.75, 3.05) is 32.7 Å². The first-order valence-electron chi connectivity index (χ1n) is 11.0. The fraction of sp³-hybridized carbons (Fsp3) is 0.682. The molecule has 0 unspecified atom stereocenters. The molecule has 1 fully saturated rings. The normalized spacial score (nSPS) is 17.0. The van der Waals surface area contributed by atoms with E-state index in [1.165, 1.54) is 4.88 Å². The van der Waals surface area contributed by atoms with Crippen LogP contribution in [0.25, 0.3) is 10.2 Å². The summed E-state index contributed by atoms with van der Waals surface area (Å²) in [5.74, 6) is 1.37. The average Bonchev–Trinajstić information content (AvgIpc) is 2.98. The Morgan fingerprint density at radius 2 is 1.87 bits per heavy atom. The maximum absolute atomic E-state index is 12.8. The van der Waals surface area contributed by atoms with Crippen LogP contribution >= 0.6 is 11.3 Å². The maximum atomic E-state index is 12.8. The number of nitrogens with one attached hydrogen (secondary N) is 2. The van der Waals surface area contributed by atoms with Gasteiger partial charge in [-0.25, -0.2) is 4.98 Å². The number of hydrogen-bond donors (Lipinski definition) is 2. The number of hydrogen-bond acceptors (Lipinski definition) is 6. The van der Waals surface area contributed by atoms with E-state index in [0.717, 1.165) is 60.6 Å². The summed E-state index contributed by atoms with van der Waals surface area (Å²) < 4.78 is 0. The largest absolute Gasteiger partial charge is 0.353 e. The Hall–Kier alpha value is -1.77. The fourth-order valence-corrected chi connectivity index (χ4v) is 4.99. The van der Waals surface area contributed by atoms with Crippen LogP contribution < -0.4 is 10.9 Å². The quantitative estimate of drug-likeness (QED) is 0.669. The fourth-order valence-electron chi connectivity index (χ4n) is 3.92. The van der Waals surface area contributed by atoms with Gasteiger partial charge in [-0.15, -0.1) is 11.3 Å². The lowest BCUT2D eigenvalue weighted by molar-refractivity contribution is -0.123. The molecular formula is C22H35N5O2S. The number of nitrogens with zero attached hydrogens (tertiary/aromatic N) is 3. The number of thiophene rings is 1. The van der Waals surface area contributed by atoms with Crippen molar-refractivity contribution < 1.29 is 4.79 Å². The summed E-state index contributed by atoms with van der Waals surface area (Å²) in [6.07, 6.45) is 2.03. The Morgan fingerprint density at radius 3 is 2.50 bits per heavy atom. The Kier molecular flexibility index (Phi) is 7.65. The van der Waals surface area contributed by atoms with Crippen molar-refractivity contribution in [3.8, 4) is 0 Å². The molecule has 1 aliphatic rings. The number of aromatic amines is 1. The molecule has 1 saturated heterocycles. The number of fused-ring (bicyclic) bond motifs is 1. The van der Waals surface area contributed by atoms with E-state index < -0.39 is 0 Å². The zero-order valence-corrected chi connectivity index (χ0v) is 19.7. The molecule has 166 valence electrons. The van der Waals surface area contributed by atoms with Crippen LogP contribution in [0.5, 0.6) is 0 Å². The second-order valence-corrected chi connectivity index (χ2v) is 10.0. The van der Waals surface area contributed by atoms with Crippen LogP contribution in [0.1, 0.15) is 50.4 Å². The van der Waals surface area contributed by atoms with Crippen molar-refractivity contribution in [1.82, 2.24) is 25.1 Å². The molecule has 0 aliphatic carbocycles. The van der Waals surface area contributed by atoms with Gasteiger partial charge >= 0.3 is 0 Å². The van der Waals surface area contributed by atoms with Gasteiger partial charge in [-0.1, -0.05) is 20.3 Å². The predicted octanol–water partition coefficient (Wildman–Crippen LogP) is 2.52. The molecule has 0 saturated carbocycles. The molecule has 2 N–H and O–H groups in total. The van der Waals surface area contributed by atoms with Gasteiger partial charge in [-0.2, -0.15) is 0 Å². The van der Waals surface area contributed by atoms with Crippen molar-refractivity contribution in [2.45, 2.75) is 60.0 Å². The number of carbonyl (C=O) groups excluding carboxylic acids is 1. The Bertz CT molecular complexity index is 927. The molecule has 1 aliphatic heterocycles. The molecule has 0 radical (unpaired) electrons. The zero-order chi connectivity index (χ0) is 21.8. The maximum Gasteiger partial charge on any atom is 0.259 e. The predicted molar refractivity (Wildman–Crippen MR) is 123 cm³/mol. The third-order valence-corrected chi connectivity index (χ3v) is 6.86. The van der Waals surface area contributed by atoms with Gasteiger partial charge in [0.25, 0.3) is 5.56 Å². The molecule has 3 heterocycles. The van der Waals surface area contributed by atoms with Crippen molar-refractivity contribution in [3.63, 3.8) is 0 Å². The monoisotopic (exact) mass is 433 g/mol. The number of aromatic nitrogens is 2. The number of H-pyrrole nitrogens is 1. The summed E-state index contributed by atoms with van der Waals surface area (Å²) in [7, 11) is 0. The van der Waals surface area contributed by atoms with Gasteiger partial charge in [-0.05, 0) is 38.7 Å².